The molecule has 14 heteroatoms. The van der Waals surface area contributed by atoms with E-state index in [2.05, 4.69) is 4.74 Å². The van der Waals surface area contributed by atoms with Crippen LogP contribution < -0.4 is 29.6 Å². The molecular formula is C30H54ClNaO12. The number of hydrogen-bond donors (Lipinski definition) is 0. The van der Waals surface area contributed by atoms with Gasteiger partial charge in [0.2, 0.25) is 0 Å². The van der Waals surface area contributed by atoms with Gasteiger partial charge < -0.3 is 29.8 Å². The summed E-state index contributed by atoms with van der Waals surface area (Å²) in [5.74, 6) is -5.05. The summed E-state index contributed by atoms with van der Waals surface area (Å²) >= 11 is 5.06. The van der Waals surface area contributed by atoms with Gasteiger partial charge in [0.05, 0.1) is 19.6 Å². The molecule has 0 aromatic rings. The minimum absolute atomic E-state index is 0. The van der Waals surface area contributed by atoms with Crippen molar-refractivity contribution in [2.75, 3.05) is 19.1 Å². The second-order valence-electron chi connectivity index (χ2n) is 12.9. The van der Waals surface area contributed by atoms with Crippen LogP contribution in [0.15, 0.2) is 0 Å². The molecule has 12 nitrogen and oxygen atoms in total. The summed E-state index contributed by atoms with van der Waals surface area (Å²) in [6.07, 6.45) is -0.730. The monoisotopic (exact) mass is 664 g/mol. The van der Waals surface area contributed by atoms with Gasteiger partial charge in [0.15, 0.2) is 5.92 Å². The van der Waals surface area contributed by atoms with Crippen molar-refractivity contribution in [1.82, 2.24) is 0 Å². The fourth-order valence-corrected chi connectivity index (χ4v) is 2.55. The molecule has 0 unspecified atom stereocenters. The average molecular weight is 665 g/mol. The maximum Gasteiger partial charge on any atom is 1.00 e. The van der Waals surface area contributed by atoms with Crippen molar-refractivity contribution in [3.05, 3.63) is 0 Å². The van der Waals surface area contributed by atoms with Crippen LogP contribution in [0.3, 0.4) is 0 Å². The molecule has 0 saturated carbocycles. The molecule has 0 fully saturated rings. The first-order valence-corrected chi connectivity index (χ1v) is 14.5. The summed E-state index contributed by atoms with van der Waals surface area (Å²) < 4.78 is 29.5. The minimum Gasteiger partial charge on any atom is -1.00 e. The van der Waals surface area contributed by atoms with E-state index >= 15 is 0 Å². The molecule has 0 saturated heterocycles. The molecule has 0 aromatic heterocycles. The molecule has 0 spiro atoms. The Morgan fingerprint density at radius 1 is 0.545 bits per heavy atom. The number of hydrogen-bond acceptors (Lipinski definition) is 12. The van der Waals surface area contributed by atoms with Crippen molar-refractivity contribution < 1.29 is 88.2 Å². The molecule has 0 aromatic carbocycles. The number of halogens is 1. The van der Waals surface area contributed by atoms with Crippen molar-refractivity contribution in [2.45, 2.75) is 132 Å². The van der Waals surface area contributed by atoms with Crippen molar-refractivity contribution in [3.63, 3.8) is 0 Å². The Morgan fingerprint density at radius 3 is 1.07 bits per heavy atom. The van der Waals surface area contributed by atoms with Gasteiger partial charge in [0.25, 0.3) is 0 Å². The Balaban J connectivity index is -0.000000194. The van der Waals surface area contributed by atoms with Gasteiger partial charge in [-0.15, -0.1) is 11.6 Å². The first-order chi connectivity index (χ1) is 19.2. The fourth-order valence-electron chi connectivity index (χ4n) is 2.47. The quantitative estimate of drug-likeness (QED) is 0.117. The third-order valence-corrected chi connectivity index (χ3v) is 3.82. The van der Waals surface area contributed by atoms with E-state index in [0.717, 1.165) is 0 Å². The molecule has 0 rings (SSSR count). The number of carbonyl (C=O) groups excluding carboxylic acids is 6. The molecule has 0 aliphatic heterocycles. The standard InChI is InChI=1S/C15H26O6.C11H20O4.C4H7ClO2.Na.H/c1-8-19-11(16)9-10(12(17)20-14(2,3)4)13(18)21-15(5,6)7;1-10(2,3)14-8(12)7-9(13)15-11(4,5)6;1-2-7-4(6)3-5;;/h10H,8-9H2,1-7H3;7H2,1-6H3;2-3H2,1H3;;/q;;;+1;-1. The van der Waals surface area contributed by atoms with Crippen molar-refractivity contribution in [3.8, 4) is 0 Å². The van der Waals surface area contributed by atoms with E-state index in [1.165, 1.54) is 0 Å². The Morgan fingerprint density at radius 2 is 0.841 bits per heavy atom. The van der Waals surface area contributed by atoms with Crippen LogP contribution in [0.25, 0.3) is 0 Å². The van der Waals surface area contributed by atoms with Gasteiger partial charge in [-0.25, -0.2) is 0 Å². The molecule has 0 amide bonds. The average Bonchev–Trinajstić information content (AvgIpc) is 2.73. The summed E-state index contributed by atoms with van der Waals surface area (Å²) in [4.78, 5) is 68.3. The maximum atomic E-state index is 12.1. The first-order valence-electron chi connectivity index (χ1n) is 13.9. The van der Waals surface area contributed by atoms with Crippen LogP contribution in [-0.2, 0) is 57.2 Å². The molecule has 254 valence electrons. The van der Waals surface area contributed by atoms with Crippen molar-refractivity contribution in [1.29, 1.82) is 0 Å². The summed E-state index contributed by atoms with van der Waals surface area (Å²) in [5, 5.41) is 0. The van der Waals surface area contributed by atoms with E-state index in [4.69, 9.17) is 35.3 Å². The van der Waals surface area contributed by atoms with Gasteiger partial charge in [-0.1, -0.05) is 0 Å². The van der Waals surface area contributed by atoms with Crippen LogP contribution in [0.5, 0.6) is 0 Å². The Hall–Kier alpha value is -1.89. The maximum absolute atomic E-state index is 12.1. The SMILES string of the molecule is CC(C)(C)OC(=O)CC(=O)OC(C)(C)C.CCOC(=O)CC(C(=O)OC(C)(C)C)C(=O)OC(C)(C)C.CCOC(=O)CCl.[H-].[Na+]. The zero-order valence-corrected chi connectivity index (χ0v) is 32.1. The molecule has 0 aliphatic rings. The van der Waals surface area contributed by atoms with Gasteiger partial charge in [-0.05, 0) is 96.9 Å². The summed E-state index contributed by atoms with van der Waals surface area (Å²) in [6, 6.07) is 0. The van der Waals surface area contributed by atoms with Crippen LogP contribution in [0, 0.1) is 5.92 Å². The van der Waals surface area contributed by atoms with Crippen molar-refractivity contribution in [2.24, 2.45) is 5.92 Å². The number of carbonyl (C=O) groups is 6. The molecule has 0 aliphatic carbocycles. The van der Waals surface area contributed by atoms with Gasteiger partial charge in [-0.3, -0.25) is 28.8 Å². The molecule has 0 bridgehead atoms. The van der Waals surface area contributed by atoms with E-state index in [1.54, 1.807) is 96.9 Å². The van der Waals surface area contributed by atoms with E-state index in [0.29, 0.717) is 6.61 Å². The predicted octanol–water partition coefficient (Wildman–Crippen LogP) is 2.20. The first kappa shape index (κ1) is 49.0. The summed E-state index contributed by atoms with van der Waals surface area (Å²) in [5.41, 5.74) is -2.66. The zero-order valence-electron chi connectivity index (χ0n) is 30.4. The predicted molar refractivity (Wildman–Crippen MR) is 161 cm³/mol. The van der Waals surface area contributed by atoms with Gasteiger partial charge in [-0.2, -0.15) is 0 Å². The van der Waals surface area contributed by atoms with E-state index in [1.807, 2.05) is 0 Å². The second-order valence-corrected chi connectivity index (χ2v) is 13.2. The zero-order chi connectivity index (χ0) is 34.8. The molecular weight excluding hydrogens is 611 g/mol. The van der Waals surface area contributed by atoms with Crippen LogP contribution in [-0.4, -0.2) is 77.3 Å². The van der Waals surface area contributed by atoms with Crippen LogP contribution >= 0.6 is 11.6 Å². The van der Waals surface area contributed by atoms with E-state index < -0.39 is 64.6 Å². The third kappa shape index (κ3) is 34.6. The van der Waals surface area contributed by atoms with Crippen LogP contribution in [0.4, 0.5) is 0 Å². The molecule has 44 heavy (non-hydrogen) atoms. The second kappa shape index (κ2) is 22.6. The van der Waals surface area contributed by atoms with E-state index in [9.17, 15) is 28.8 Å². The largest absolute Gasteiger partial charge is 1.00 e. The minimum atomic E-state index is -1.32. The fraction of sp³-hybridized carbons (Fsp3) is 0.800. The Kier molecular flexibility index (Phi) is 25.2. The number of esters is 6. The smallest absolute Gasteiger partial charge is 1.00 e. The number of ether oxygens (including phenoxy) is 6. The molecule has 0 heterocycles. The van der Waals surface area contributed by atoms with Gasteiger partial charge >= 0.3 is 65.4 Å². The van der Waals surface area contributed by atoms with Gasteiger partial charge in [0, 0.05) is 0 Å². The van der Waals surface area contributed by atoms with E-state index in [-0.39, 0.29) is 55.9 Å². The normalized spacial score (nSPS) is 11.2. The summed E-state index contributed by atoms with van der Waals surface area (Å²) in [7, 11) is 0. The Bertz CT molecular complexity index is 860. The Labute approximate surface area is 291 Å². The van der Waals surface area contributed by atoms with Crippen LogP contribution in [0.1, 0.15) is 111 Å². The third-order valence-electron chi connectivity index (χ3n) is 3.60. The van der Waals surface area contributed by atoms with Crippen molar-refractivity contribution >= 4 is 47.4 Å². The number of rotatable bonds is 9. The van der Waals surface area contributed by atoms with Crippen LogP contribution in [0.2, 0.25) is 0 Å². The number of alkyl halides is 1. The topological polar surface area (TPSA) is 158 Å². The molecule has 0 atom stereocenters. The summed E-state index contributed by atoms with van der Waals surface area (Å²) in [6.45, 7) is 24.6. The molecule has 0 N–H and O–H groups in total. The molecule has 0 radical (unpaired) electrons. The van der Waals surface area contributed by atoms with Gasteiger partial charge in [0.1, 0.15) is 34.7 Å².